The van der Waals surface area contributed by atoms with Crippen LogP contribution < -0.4 is 15.0 Å². The molecule has 6 heteroatoms. The number of carbonyl (C=O) groups is 3. The van der Waals surface area contributed by atoms with E-state index in [2.05, 4.69) is 5.32 Å². The quantitative estimate of drug-likeness (QED) is 0.489. The Bertz CT molecular complexity index is 1210. The molecule has 1 heterocycles. The first-order valence-corrected chi connectivity index (χ1v) is 10.1. The van der Waals surface area contributed by atoms with Crippen LogP contribution in [0.25, 0.3) is 16.8 Å². The van der Waals surface area contributed by atoms with Gasteiger partial charge < -0.3 is 4.74 Å². The van der Waals surface area contributed by atoms with Crippen molar-refractivity contribution in [1.29, 1.82) is 0 Å². The Labute approximate surface area is 180 Å². The number of aryl methyl sites for hydroxylation is 1. The Morgan fingerprint density at radius 1 is 0.968 bits per heavy atom. The van der Waals surface area contributed by atoms with E-state index in [1.807, 2.05) is 50.2 Å². The second-order valence-electron chi connectivity index (χ2n) is 7.34. The number of urea groups is 1. The van der Waals surface area contributed by atoms with Crippen molar-refractivity contribution in [2.24, 2.45) is 0 Å². The van der Waals surface area contributed by atoms with Gasteiger partial charge in [0.15, 0.2) is 0 Å². The lowest BCUT2D eigenvalue weighted by Gasteiger charge is -2.26. The molecule has 3 aromatic rings. The molecule has 0 aliphatic carbocycles. The number of rotatable bonds is 5. The summed E-state index contributed by atoms with van der Waals surface area (Å²) in [6, 6.07) is 17.6. The van der Waals surface area contributed by atoms with Crippen LogP contribution in [0.1, 0.15) is 24.5 Å². The summed E-state index contributed by atoms with van der Waals surface area (Å²) < 4.78 is 5.88. The maximum atomic E-state index is 13.2. The van der Waals surface area contributed by atoms with Crippen LogP contribution in [0.15, 0.2) is 66.2 Å². The molecule has 31 heavy (non-hydrogen) atoms. The van der Waals surface area contributed by atoms with Crippen molar-refractivity contribution in [2.45, 2.75) is 20.3 Å². The molecule has 4 rings (SSSR count). The Morgan fingerprint density at radius 3 is 2.45 bits per heavy atom. The first-order chi connectivity index (χ1) is 15.0. The molecule has 0 spiro atoms. The Kier molecular flexibility index (Phi) is 5.54. The molecule has 3 aromatic carbocycles. The molecule has 1 aliphatic rings. The molecule has 0 radical (unpaired) electrons. The van der Waals surface area contributed by atoms with Crippen LogP contribution in [-0.2, 0) is 9.59 Å². The fraction of sp³-hybridized carbons (Fsp3) is 0.160. The van der Waals surface area contributed by atoms with Crippen LogP contribution in [0.2, 0.25) is 0 Å². The molecule has 0 unspecified atom stereocenters. The van der Waals surface area contributed by atoms with Gasteiger partial charge in [-0.25, -0.2) is 9.69 Å². The molecule has 4 amide bonds. The van der Waals surface area contributed by atoms with E-state index in [-0.39, 0.29) is 5.57 Å². The summed E-state index contributed by atoms with van der Waals surface area (Å²) >= 11 is 0. The molecule has 1 fully saturated rings. The number of hydrogen-bond acceptors (Lipinski definition) is 4. The highest BCUT2D eigenvalue weighted by atomic mass is 16.5. The van der Waals surface area contributed by atoms with Crippen molar-refractivity contribution >= 4 is 40.4 Å². The summed E-state index contributed by atoms with van der Waals surface area (Å²) in [7, 11) is 0. The lowest BCUT2D eigenvalue weighted by Crippen LogP contribution is -2.54. The molecule has 1 aliphatic heterocycles. The van der Waals surface area contributed by atoms with E-state index < -0.39 is 17.8 Å². The predicted molar refractivity (Wildman–Crippen MR) is 120 cm³/mol. The SMILES string of the molecule is CCCOc1ccc2ccccc2c1/C=C1\C(=O)NC(=O)N(c2ccc(C)cc2)C1=O. The highest BCUT2D eigenvalue weighted by molar-refractivity contribution is 6.39. The first-order valence-electron chi connectivity index (χ1n) is 10.1. The van der Waals surface area contributed by atoms with Crippen LogP contribution in [0.4, 0.5) is 10.5 Å². The number of barbiturate groups is 1. The molecule has 0 bridgehead atoms. The number of anilines is 1. The number of ether oxygens (including phenoxy) is 1. The predicted octanol–water partition coefficient (Wildman–Crippen LogP) is 4.60. The monoisotopic (exact) mass is 414 g/mol. The minimum absolute atomic E-state index is 0.127. The van der Waals surface area contributed by atoms with Gasteiger partial charge >= 0.3 is 6.03 Å². The van der Waals surface area contributed by atoms with Gasteiger partial charge in [0, 0.05) is 5.56 Å². The largest absolute Gasteiger partial charge is 0.493 e. The topological polar surface area (TPSA) is 75.7 Å². The number of imide groups is 2. The maximum absolute atomic E-state index is 13.2. The van der Waals surface area contributed by atoms with Gasteiger partial charge in [-0.1, -0.05) is 55.0 Å². The molecular weight excluding hydrogens is 392 g/mol. The van der Waals surface area contributed by atoms with E-state index in [0.29, 0.717) is 23.6 Å². The Hall–Kier alpha value is -3.93. The van der Waals surface area contributed by atoms with Gasteiger partial charge in [0.1, 0.15) is 11.3 Å². The summed E-state index contributed by atoms with van der Waals surface area (Å²) in [5.41, 5.74) is 1.89. The Balaban J connectivity index is 1.84. The van der Waals surface area contributed by atoms with Gasteiger partial charge in [-0.05, 0) is 48.4 Å². The van der Waals surface area contributed by atoms with E-state index in [9.17, 15) is 14.4 Å². The lowest BCUT2D eigenvalue weighted by molar-refractivity contribution is -0.122. The summed E-state index contributed by atoms with van der Waals surface area (Å²) in [4.78, 5) is 39.3. The number of carbonyl (C=O) groups excluding carboxylic acids is 3. The second kappa shape index (κ2) is 8.44. The van der Waals surface area contributed by atoms with Gasteiger partial charge in [-0.2, -0.15) is 0 Å². The number of fused-ring (bicyclic) bond motifs is 1. The van der Waals surface area contributed by atoms with Gasteiger partial charge in [0.05, 0.1) is 12.3 Å². The zero-order chi connectivity index (χ0) is 22.0. The molecule has 0 aromatic heterocycles. The van der Waals surface area contributed by atoms with Crippen molar-refractivity contribution in [3.8, 4) is 5.75 Å². The van der Waals surface area contributed by atoms with Crippen LogP contribution >= 0.6 is 0 Å². The molecule has 6 nitrogen and oxygen atoms in total. The standard InChI is InChI=1S/C25H22N2O4/c1-3-14-31-22-13-10-17-6-4-5-7-19(17)20(22)15-21-23(28)26-25(30)27(24(21)29)18-11-8-16(2)9-12-18/h4-13,15H,3,14H2,1-2H3,(H,26,28,30)/b21-15+. The van der Waals surface area contributed by atoms with Crippen LogP contribution in [0, 0.1) is 6.92 Å². The molecule has 1 N–H and O–H groups in total. The average Bonchev–Trinajstić information content (AvgIpc) is 2.76. The third-order valence-electron chi connectivity index (χ3n) is 5.07. The van der Waals surface area contributed by atoms with Gasteiger partial charge in [-0.15, -0.1) is 0 Å². The van der Waals surface area contributed by atoms with Crippen molar-refractivity contribution in [1.82, 2.24) is 5.32 Å². The number of nitrogens with one attached hydrogen (secondary N) is 1. The summed E-state index contributed by atoms with van der Waals surface area (Å²) in [6.07, 6.45) is 2.33. The van der Waals surface area contributed by atoms with E-state index >= 15 is 0 Å². The van der Waals surface area contributed by atoms with E-state index in [1.54, 1.807) is 24.3 Å². The van der Waals surface area contributed by atoms with Crippen LogP contribution in [0.5, 0.6) is 5.75 Å². The fourth-order valence-corrected chi connectivity index (χ4v) is 3.49. The summed E-state index contributed by atoms with van der Waals surface area (Å²) in [5.74, 6) is -0.827. The molecule has 156 valence electrons. The molecule has 1 saturated heterocycles. The van der Waals surface area contributed by atoms with Crippen molar-refractivity contribution in [2.75, 3.05) is 11.5 Å². The number of amides is 4. The van der Waals surface area contributed by atoms with E-state index in [0.717, 1.165) is 27.7 Å². The Morgan fingerprint density at radius 2 is 1.71 bits per heavy atom. The molecule has 0 saturated carbocycles. The summed E-state index contributed by atoms with van der Waals surface area (Å²) in [5, 5.41) is 4.07. The minimum atomic E-state index is -0.767. The van der Waals surface area contributed by atoms with Gasteiger partial charge in [-0.3, -0.25) is 14.9 Å². The third-order valence-corrected chi connectivity index (χ3v) is 5.07. The zero-order valence-electron chi connectivity index (χ0n) is 17.3. The minimum Gasteiger partial charge on any atom is -0.493 e. The normalized spacial score (nSPS) is 15.5. The molecular formula is C25H22N2O4. The average molecular weight is 414 g/mol. The summed E-state index contributed by atoms with van der Waals surface area (Å²) in [6.45, 7) is 4.42. The molecule has 0 atom stereocenters. The first kappa shape index (κ1) is 20.3. The van der Waals surface area contributed by atoms with E-state index in [4.69, 9.17) is 4.74 Å². The number of nitrogens with zero attached hydrogens (tertiary/aromatic N) is 1. The highest BCUT2D eigenvalue weighted by Gasteiger charge is 2.37. The second-order valence-corrected chi connectivity index (χ2v) is 7.34. The lowest BCUT2D eigenvalue weighted by atomic mass is 9.99. The van der Waals surface area contributed by atoms with Crippen molar-refractivity contribution in [3.05, 3.63) is 77.4 Å². The zero-order valence-corrected chi connectivity index (χ0v) is 17.3. The van der Waals surface area contributed by atoms with E-state index in [1.165, 1.54) is 6.08 Å². The number of hydrogen-bond donors (Lipinski definition) is 1. The smallest absolute Gasteiger partial charge is 0.335 e. The van der Waals surface area contributed by atoms with Crippen LogP contribution in [0.3, 0.4) is 0 Å². The maximum Gasteiger partial charge on any atom is 0.335 e. The van der Waals surface area contributed by atoms with Crippen molar-refractivity contribution < 1.29 is 19.1 Å². The van der Waals surface area contributed by atoms with Crippen molar-refractivity contribution in [3.63, 3.8) is 0 Å². The fourth-order valence-electron chi connectivity index (χ4n) is 3.49. The van der Waals surface area contributed by atoms with Gasteiger partial charge in [0.2, 0.25) is 0 Å². The van der Waals surface area contributed by atoms with Gasteiger partial charge in [0.25, 0.3) is 11.8 Å². The third kappa shape index (κ3) is 3.92. The highest BCUT2D eigenvalue weighted by Crippen LogP contribution is 2.32. The number of benzene rings is 3. The van der Waals surface area contributed by atoms with Crippen LogP contribution in [-0.4, -0.2) is 24.5 Å².